The summed E-state index contributed by atoms with van der Waals surface area (Å²) in [5, 5.41) is 0. The van der Waals surface area contributed by atoms with E-state index in [9.17, 15) is 0 Å². The Morgan fingerprint density at radius 1 is 1.14 bits per heavy atom. The van der Waals surface area contributed by atoms with Crippen LogP contribution in [0, 0.1) is 0 Å². The first-order valence-corrected chi connectivity index (χ1v) is 2.07. The Morgan fingerprint density at radius 2 is 1.29 bits per heavy atom. The minimum Gasteiger partial charge on any atom is -0.793 e. The second kappa shape index (κ2) is 23.7. The van der Waals surface area contributed by atoms with Gasteiger partial charge in [-0.3, -0.25) is 0 Å². The van der Waals surface area contributed by atoms with Crippen LogP contribution in [-0.4, -0.2) is 5.75 Å². The van der Waals surface area contributed by atoms with Crippen LogP contribution in [0.4, 0.5) is 0 Å². The summed E-state index contributed by atoms with van der Waals surface area (Å²) in [6.45, 7) is 2.08. The molecule has 0 nitrogen and oxygen atoms in total. The predicted molar refractivity (Wildman–Crippen MR) is 22.5 cm³/mol. The normalized spacial score (nSPS) is 4.29. The summed E-state index contributed by atoms with van der Waals surface area (Å²) < 4.78 is 0. The first kappa shape index (κ1) is 22.7. The molecule has 0 heterocycles. The fraction of sp³-hybridized carbons (Fsp3) is 1.00. The van der Waals surface area contributed by atoms with Crippen molar-refractivity contribution in [1.82, 2.24) is 0 Å². The SMILES string of the molecule is CCC[S-].[W].[W].[W]. The van der Waals surface area contributed by atoms with E-state index in [1.54, 1.807) is 0 Å². The van der Waals surface area contributed by atoms with E-state index in [1.165, 1.54) is 0 Å². The Bertz CT molecular complexity index is 12.1. The van der Waals surface area contributed by atoms with Gasteiger partial charge in [-0.2, -0.15) is 5.75 Å². The Labute approximate surface area is 93.8 Å². The minimum absolute atomic E-state index is 0. The largest absolute Gasteiger partial charge is 0.793 e. The molecule has 4 heteroatoms. The molecular weight excluding hydrogens is 620 g/mol. The fourth-order valence-electron chi connectivity index (χ4n) is 0. The van der Waals surface area contributed by atoms with Gasteiger partial charge in [-0.15, -0.1) is 0 Å². The van der Waals surface area contributed by atoms with Gasteiger partial charge in [0.25, 0.3) is 0 Å². The van der Waals surface area contributed by atoms with E-state index in [0.717, 1.165) is 12.2 Å². The van der Waals surface area contributed by atoms with Gasteiger partial charge in [0.05, 0.1) is 0 Å². The molecule has 0 aromatic rings. The van der Waals surface area contributed by atoms with Crippen LogP contribution in [0.25, 0.3) is 0 Å². The van der Waals surface area contributed by atoms with Crippen molar-refractivity contribution in [3.8, 4) is 0 Å². The quantitative estimate of drug-likeness (QED) is 0.391. The van der Waals surface area contributed by atoms with Gasteiger partial charge in [0, 0.05) is 63.2 Å². The zero-order valence-corrected chi connectivity index (χ0v) is 13.7. The molecular formula is C3H7SW3-. The fourth-order valence-corrected chi connectivity index (χ4v) is 0. The Balaban J connectivity index is -0.0000000150. The standard InChI is InChI=1S/C3H8S.3W/c1-2-3-4;;;/h4H,2-3H2,1H3;;;/p-1. The molecule has 0 rings (SSSR count). The topological polar surface area (TPSA) is 0 Å². The van der Waals surface area contributed by atoms with Gasteiger partial charge in [-0.1, -0.05) is 13.3 Å². The zero-order chi connectivity index (χ0) is 3.41. The molecule has 0 bridgehead atoms. The van der Waals surface area contributed by atoms with Gasteiger partial charge in [0.1, 0.15) is 0 Å². The number of hydrogen-bond donors (Lipinski definition) is 0. The van der Waals surface area contributed by atoms with Crippen LogP contribution >= 0.6 is 0 Å². The average Bonchev–Trinajstić information content (AvgIpc) is 1.37. The third-order valence-electron chi connectivity index (χ3n) is 0.204. The Kier molecular flexibility index (Phi) is 77.1. The minimum atomic E-state index is 0. The maximum atomic E-state index is 4.55. The van der Waals surface area contributed by atoms with Gasteiger partial charge in [-0.05, 0) is 0 Å². The Morgan fingerprint density at radius 3 is 1.29 bits per heavy atom. The molecule has 0 atom stereocenters. The summed E-state index contributed by atoms with van der Waals surface area (Å²) in [5.41, 5.74) is 0. The predicted octanol–water partition coefficient (Wildman–Crippen LogP) is 0.936. The van der Waals surface area contributed by atoms with Gasteiger partial charge in [0.2, 0.25) is 0 Å². The maximum Gasteiger partial charge on any atom is 0 e. The molecule has 0 aromatic heterocycles. The van der Waals surface area contributed by atoms with Crippen LogP contribution in [0.2, 0.25) is 0 Å². The maximum absolute atomic E-state index is 4.55. The molecule has 0 aliphatic heterocycles. The van der Waals surface area contributed by atoms with Crippen molar-refractivity contribution in [1.29, 1.82) is 0 Å². The molecule has 7 heavy (non-hydrogen) atoms. The first-order chi connectivity index (χ1) is 1.91. The molecule has 44 valence electrons. The molecule has 0 N–H and O–H groups in total. The second-order valence-electron chi connectivity index (χ2n) is 0.704. The molecule has 0 radical (unpaired) electrons. The van der Waals surface area contributed by atoms with Crippen molar-refractivity contribution in [2.45, 2.75) is 13.3 Å². The van der Waals surface area contributed by atoms with Crippen molar-refractivity contribution >= 4 is 12.6 Å². The molecule has 0 amide bonds. The van der Waals surface area contributed by atoms with E-state index >= 15 is 0 Å². The molecule has 0 spiro atoms. The number of rotatable bonds is 1. The number of hydrogen-bond acceptors (Lipinski definition) is 1. The van der Waals surface area contributed by atoms with E-state index in [-0.39, 0.29) is 63.2 Å². The van der Waals surface area contributed by atoms with Gasteiger partial charge in [-0.25, -0.2) is 0 Å². The third kappa shape index (κ3) is 29.7. The second-order valence-corrected chi connectivity index (χ2v) is 1.11. The van der Waals surface area contributed by atoms with Crippen LogP contribution < -0.4 is 0 Å². The van der Waals surface area contributed by atoms with Crippen molar-refractivity contribution < 1.29 is 63.2 Å². The van der Waals surface area contributed by atoms with Crippen molar-refractivity contribution in [3.63, 3.8) is 0 Å². The summed E-state index contributed by atoms with van der Waals surface area (Å²) in [5.74, 6) is 0.903. The summed E-state index contributed by atoms with van der Waals surface area (Å²) in [6, 6.07) is 0. The molecule has 0 aromatic carbocycles. The van der Waals surface area contributed by atoms with E-state index in [4.69, 9.17) is 0 Å². The molecule has 0 saturated carbocycles. The molecule has 0 aliphatic carbocycles. The smallest absolute Gasteiger partial charge is 0 e. The van der Waals surface area contributed by atoms with Crippen LogP contribution in [-0.2, 0) is 75.8 Å². The molecule has 0 fully saturated rings. The zero-order valence-electron chi connectivity index (χ0n) is 4.05. The molecule has 0 aliphatic rings. The van der Waals surface area contributed by atoms with Crippen LogP contribution in [0.3, 0.4) is 0 Å². The third-order valence-corrected chi connectivity index (χ3v) is 0.612. The van der Waals surface area contributed by atoms with Crippen molar-refractivity contribution in [3.05, 3.63) is 0 Å². The molecule has 0 saturated heterocycles. The first-order valence-electron chi connectivity index (χ1n) is 1.50. The van der Waals surface area contributed by atoms with E-state index in [2.05, 4.69) is 19.6 Å². The van der Waals surface area contributed by atoms with E-state index in [0.29, 0.717) is 0 Å². The summed E-state index contributed by atoms with van der Waals surface area (Å²) >= 11 is 4.55. The Hall–Kier alpha value is 2.41. The van der Waals surface area contributed by atoms with Crippen LogP contribution in [0.15, 0.2) is 0 Å². The summed E-state index contributed by atoms with van der Waals surface area (Å²) in [6.07, 6.45) is 1.13. The summed E-state index contributed by atoms with van der Waals surface area (Å²) in [4.78, 5) is 0. The summed E-state index contributed by atoms with van der Waals surface area (Å²) in [7, 11) is 0. The van der Waals surface area contributed by atoms with E-state index < -0.39 is 0 Å². The van der Waals surface area contributed by atoms with Gasteiger partial charge in [0.15, 0.2) is 0 Å². The van der Waals surface area contributed by atoms with Crippen LogP contribution in [0.5, 0.6) is 0 Å². The molecule has 0 unspecified atom stereocenters. The van der Waals surface area contributed by atoms with E-state index in [1.807, 2.05) is 0 Å². The van der Waals surface area contributed by atoms with Crippen molar-refractivity contribution in [2.24, 2.45) is 0 Å². The van der Waals surface area contributed by atoms with Gasteiger partial charge < -0.3 is 12.6 Å². The average molecular weight is 627 g/mol. The van der Waals surface area contributed by atoms with Crippen molar-refractivity contribution in [2.75, 3.05) is 5.75 Å². The van der Waals surface area contributed by atoms with Crippen LogP contribution in [0.1, 0.15) is 13.3 Å². The van der Waals surface area contributed by atoms with Gasteiger partial charge >= 0.3 is 0 Å². The monoisotopic (exact) mass is 627 g/mol.